The number of benzene rings is 1. The Morgan fingerprint density at radius 2 is 1.91 bits per heavy atom. The highest BCUT2D eigenvalue weighted by Gasteiger charge is 2.17. The van der Waals surface area contributed by atoms with E-state index in [1.807, 2.05) is 6.92 Å². The van der Waals surface area contributed by atoms with Crippen LogP contribution < -0.4 is 0 Å². The first-order valence-corrected chi connectivity index (χ1v) is 8.15. The zero-order valence-electron chi connectivity index (χ0n) is 12.4. The molecule has 0 aliphatic rings. The Balaban J connectivity index is 2.27. The third-order valence-corrected chi connectivity index (χ3v) is 4.71. The van der Waals surface area contributed by atoms with E-state index < -0.39 is 10.0 Å². The second-order valence-corrected chi connectivity index (χ2v) is 6.57. The average molecular weight is 319 g/mol. The number of rotatable bonds is 5. The molecule has 1 aromatic heterocycles. The predicted molar refractivity (Wildman–Crippen MR) is 83.9 cm³/mol. The van der Waals surface area contributed by atoms with Crippen LogP contribution in [0.3, 0.4) is 0 Å². The summed E-state index contributed by atoms with van der Waals surface area (Å²) in [7, 11) is -3.64. The summed E-state index contributed by atoms with van der Waals surface area (Å²) in [6.45, 7) is 3.32. The molecule has 0 saturated carbocycles. The van der Waals surface area contributed by atoms with Crippen LogP contribution in [0.2, 0.25) is 0 Å². The highest BCUT2D eigenvalue weighted by atomic mass is 32.2. The van der Waals surface area contributed by atoms with Crippen molar-refractivity contribution in [3.8, 4) is 0 Å². The molecule has 1 heterocycles. The number of ether oxygens (including phenoxy) is 1. The van der Waals surface area contributed by atoms with Crippen LogP contribution in [0.25, 0.3) is 6.08 Å². The minimum atomic E-state index is -3.64. The molecule has 0 aliphatic carbocycles. The van der Waals surface area contributed by atoms with Gasteiger partial charge in [-0.3, -0.25) is 4.79 Å². The summed E-state index contributed by atoms with van der Waals surface area (Å²) in [5, 5.41) is 0. The van der Waals surface area contributed by atoms with Crippen molar-refractivity contribution in [1.29, 1.82) is 0 Å². The number of nitrogens with zero attached hydrogens (tertiary/aromatic N) is 1. The summed E-state index contributed by atoms with van der Waals surface area (Å²) in [6.07, 6.45) is 4.69. The van der Waals surface area contributed by atoms with Gasteiger partial charge in [-0.05, 0) is 43.3 Å². The molecule has 0 atom stereocenters. The van der Waals surface area contributed by atoms with E-state index in [-0.39, 0.29) is 17.5 Å². The molecule has 116 valence electrons. The molecule has 0 spiro atoms. The number of esters is 1. The Kier molecular flexibility index (Phi) is 4.82. The molecular formula is C16H17NO4S. The van der Waals surface area contributed by atoms with E-state index in [1.54, 1.807) is 48.6 Å². The molecule has 2 rings (SSSR count). The second-order valence-electron chi connectivity index (χ2n) is 4.75. The average Bonchev–Trinajstić information content (AvgIpc) is 2.93. The Labute approximate surface area is 129 Å². The highest BCUT2D eigenvalue weighted by Crippen LogP contribution is 2.18. The number of aryl methyl sites for hydroxylation is 1. The molecule has 0 N–H and O–H groups in total. The van der Waals surface area contributed by atoms with E-state index in [4.69, 9.17) is 4.74 Å². The van der Waals surface area contributed by atoms with Crippen LogP contribution >= 0.6 is 0 Å². The lowest BCUT2D eigenvalue weighted by atomic mass is 10.2. The van der Waals surface area contributed by atoms with Gasteiger partial charge in [0.05, 0.1) is 10.6 Å². The molecule has 2 aromatic rings. The summed E-state index contributed by atoms with van der Waals surface area (Å²) in [5.41, 5.74) is 1.49. The van der Waals surface area contributed by atoms with Gasteiger partial charge in [0.25, 0.3) is 10.0 Å². The van der Waals surface area contributed by atoms with Crippen molar-refractivity contribution in [2.24, 2.45) is 0 Å². The topological polar surface area (TPSA) is 65.4 Å². The molecule has 6 heteroatoms. The van der Waals surface area contributed by atoms with E-state index in [9.17, 15) is 13.2 Å². The number of hydrogen-bond donors (Lipinski definition) is 0. The third-order valence-electron chi connectivity index (χ3n) is 2.99. The van der Waals surface area contributed by atoms with E-state index in [2.05, 4.69) is 0 Å². The summed E-state index contributed by atoms with van der Waals surface area (Å²) in [5.74, 6) is -0.382. The molecule has 0 amide bonds. The first-order chi connectivity index (χ1) is 10.4. The van der Waals surface area contributed by atoms with E-state index in [0.717, 1.165) is 5.56 Å². The molecule has 0 aliphatic heterocycles. The van der Waals surface area contributed by atoms with E-state index in [0.29, 0.717) is 5.69 Å². The van der Waals surface area contributed by atoms with Crippen molar-refractivity contribution in [1.82, 2.24) is 3.97 Å². The Morgan fingerprint density at radius 1 is 1.23 bits per heavy atom. The van der Waals surface area contributed by atoms with Crippen molar-refractivity contribution in [3.63, 3.8) is 0 Å². The summed E-state index contributed by atoms with van der Waals surface area (Å²) in [6, 6.07) is 10.0. The van der Waals surface area contributed by atoms with Crippen LogP contribution in [-0.2, 0) is 19.6 Å². The fraction of sp³-hybridized carbons (Fsp3) is 0.188. The minimum Gasteiger partial charge on any atom is -0.462 e. The molecule has 0 bridgehead atoms. The maximum absolute atomic E-state index is 12.6. The Morgan fingerprint density at radius 3 is 2.55 bits per heavy atom. The van der Waals surface area contributed by atoms with Gasteiger partial charge in [0.15, 0.2) is 0 Å². The smallest absolute Gasteiger partial charge is 0.302 e. The molecule has 1 aromatic carbocycles. The van der Waals surface area contributed by atoms with E-state index >= 15 is 0 Å². The fourth-order valence-electron chi connectivity index (χ4n) is 1.89. The monoisotopic (exact) mass is 319 g/mol. The standard InChI is InChI=1S/C16H17NO4S/c1-13-7-9-16(10-8-13)22(19,20)17-11-3-5-15(17)6-4-12-21-14(2)18/h3-11H,12H2,1-2H3/b6-4+. The lowest BCUT2D eigenvalue weighted by Crippen LogP contribution is -2.13. The van der Waals surface area contributed by atoms with Gasteiger partial charge in [0, 0.05) is 13.1 Å². The van der Waals surface area contributed by atoms with Gasteiger partial charge in [-0.1, -0.05) is 17.7 Å². The molecule has 0 fully saturated rings. The Hall–Kier alpha value is -2.34. The third kappa shape index (κ3) is 3.65. The van der Waals surface area contributed by atoms with Crippen LogP contribution in [0.5, 0.6) is 0 Å². The predicted octanol–water partition coefficient (Wildman–Crippen LogP) is 2.61. The summed E-state index contributed by atoms with van der Waals surface area (Å²) in [4.78, 5) is 10.9. The molecule has 0 unspecified atom stereocenters. The van der Waals surface area contributed by atoms with Crippen LogP contribution in [0, 0.1) is 6.92 Å². The zero-order valence-corrected chi connectivity index (χ0v) is 13.2. The van der Waals surface area contributed by atoms with E-state index in [1.165, 1.54) is 17.1 Å². The SMILES string of the molecule is CC(=O)OC/C=C/c1cccn1S(=O)(=O)c1ccc(C)cc1. The van der Waals surface area contributed by atoms with Gasteiger partial charge < -0.3 is 4.74 Å². The lowest BCUT2D eigenvalue weighted by molar-refractivity contribution is -0.139. The molecular weight excluding hydrogens is 302 g/mol. The van der Waals surface area contributed by atoms with Gasteiger partial charge in [-0.2, -0.15) is 0 Å². The zero-order chi connectivity index (χ0) is 16.2. The highest BCUT2D eigenvalue weighted by molar-refractivity contribution is 7.90. The maximum Gasteiger partial charge on any atom is 0.302 e. The number of aromatic nitrogens is 1. The maximum atomic E-state index is 12.6. The Bertz CT molecular complexity index is 786. The molecule has 22 heavy (non-hydrogen) atoms. The van der Waals surface area contributed by atoms with Crippen LogP contribution in [0.1, 0.15) is 18.2 Å². The number of carbonyl (C=O) groups excluding carboxylic acids is 1. The molecule has 0 saturated heterocycles. The van der Waals surface area contributed by atoms with Crippen molar-refractivity contribution in [3.05, 3.63) is 59.9 Å². The van der Waals surface area contributed by atoms with Crippen molar-refractivity contribution >= 4 is 22.1 Å². The largest absolute Gasteiger partial charge is 0.462 e. The van der Waals surface area contributed by atoms with Gasteiger partial charge in [-0.25, -0.2) is 12.4 Å². The van der Waals surface area contributed by atoms with Crippen molar-refractivity contribution in [2.45, 2.75) is 18.7 Å². The van der Waals surface area contributed by atoms with Crippen molar-refractivity contribution in [2.75, 3.05) is 6.61 Å². The van der Waals surface area contributed by atoms with Crippen LogP contribution in [0.4, 0.5) is 0 Å². The second kappa shape index (κ2) is 6.62. The lowest BCUT2D eigenvalue weighted by Gasteiger charge is -2.08. The quantitative estimate of drug-likeness (QED) is 0.795. The normalized spacial score (nSPS) is 11.7. The summed E-state index contributed by atoms with van der Waals surface area (Å²) < 4.78 is 31.2. The van der Waals surface area contributed by atoms with Gasteiger partial charge in [0.1, 0.15) is 6.61 Å². The number of carbonyl (C=O) groups is 1. The van der Waals surface area contributed by atoms with Gasteiger partial charge >= 0.3 is 5.97 Å². The van der Waals surface area contributed by atoms with Gasteiger partial charge in [-0.15, -0.1) is 0 Å². The summed E-state index contributed by atoms with van der Waals surface area (Å²) >= 11 is 0. The minimum absolute atomic E-state index is 0.102. The van der Waals surface area contributed by atoms with Crippen LogP contribution in [-0.4, -0.2) is 25.0 Å². The van der Waals surface area contributed by atoms with Crippen LogP contribution in [0.15, 0.2) is 53.6 Å². The van der Waals surface area contributed by atoms with Crippen molar-refractivity contribution < 1.29 is 17.9 Å². The fourth-order valence-corrected chi connectivity index (χ4v) is 3.22. The number of hydrogen-bond acceptors (Lipinski definition) is 4. The first kappa shape index (κ1) is 16.0. The molecule has 0 radical (unpaired) electrons. The van der Waals surface area contributed by atoms with Gasteiger partial charge in [0.2, 0.25) is 0 Å². The molecule has 5 nitrogen and oxygen atoms in total. The first-order valence-electron chi connectivity index (χ1n) is 6.71.